The van der Waals surface area contributed by atoms with Crippen molar-refractivity contribution in [3.05, 3.63) is 28.5 Å². The maximum Gasteiger partial charge on any atom is 0.228 e. The molecule has 0 aliphatic heterocycles. The molecule has 0 atom stereocenters. The van der Waals surface area contributed by atoms with Gasteiger partial charge in [0, 0.05) is 13.0 Å². The molecule has 6 nitrogen and oxygen atoms in total. The van der Waals surface area contributed by atoms with Crippen molar-refractivity contribution in [2.24, 2.45) is 0 Å². The van der Waals surface area contributed by atoms with Gasteiger partial charge >= 0.3 is 0 Å². The minimum atomic E-state index is 0.613. The lowest BCUT2D eigenvalue weighted by Crippen LogP contribution is -2.07. The molecule has 7 heteroatoms. The van der Waals surface area contributed by atoms with Crippen LogP contribution in [-0.2, 0) is 6.42 Å². The standard InChI is InChI=1S/C10H12BrN5O/c1-6-15-9(17-16-6)2-3-13-10-8(11)4-7(12)5-14-10/h4-5H,2-3,12H2,1H3,(H,13,14). The molecule has 3 N–H and O–H groups in total. The Bertz CT molecular complexity index is 513. The molecule has 0 amide bonds. The second-order valence-electron chi connectivity index (χ2n) is 3.51. The molecule has 0 saturated carbocycles. The second kappa shape index (κ2) is 5.13. The summed E-state index contributed by atoms with van der Waals surface area (Å²) in [5, 5.41) is 6.87. The van der Waals surface area contributed by atoms with Crippen molar-refractivity contribution in [3.63, 3.8) is 0 Å². The van der Waals surface area contributed by atoms with E-state index in [0.717, 1.165) is 10.3 Å². The first-order valence-electron chi connectivity index (χ1n) is 5.09. The van der Waals surface area contributed by atoms with Crippen LogP contribution in [-0.4, -0.2) is 21.7 Å². The highest BCUT2D eigenvalue weighted by Crippen LogP contribution is 2.21. The van der Waals surface area contributed by atoms with E-state index in [2.05, 4.69) is 36.4 Å². The van der Waals surface area contributed by atoms with Crippen LogP contribution in [0, 0.1) is 6.92 Å². The van der Waals surface area contributed by atoms with Crippen LogP contribution < -0.4 is 11.1 Å². The molecule has 2 aromatic heterocycles. The minimum Gasteiger partial charge on any atom is -0.397 e. The highest BCUT2D eigenvalue weighted by molar-refractivity contribution is 9.10. The molecule has 0 aliphatic rings. The lowest BCUT2D eigenvalue weighted by Gasteiger charge is -2.06. The van der Waals surface area contributed by atoms with E-state index in [0.29, 0.717) is 30.4 Å². The van der Waals surface area contributed by atoms with Gasteiger partial charge in [0.25, 0.3) is 0 Å². The normalized spacial score (nSPS) is 10.5. The molecular weight excluding hydrogens is 286 g/mol. The van der Waals surface area contributed by atoms with Crippen LogP contribution in [0.25, 0.3) is 0 Å². The summed E-state index contributed by atoms with van der Waals surface area (Å²) >= 11 is 3.38. The van der Waals surface area contributed by atoms with Gasteiger partial charge in [-0.15, -0.1) is 0 Å². The fourth-order valence-electron chi connectivity index (χ4n) is 1.31. The van der Waals surface area contributed by atoms with E-state index in [1.807, 2.05) is 0 Å². The topological polar surface area (TPSA) is 89.9 Å². The number of halogens is 1. The first-order chi connectivity index (χ1) is 8.15. The maximum absolute atomic E-state index is 5.60. The number of anilines is 2. The monoisotopic (exact) mass is 297 g/mol. The average Bonchev–Trinajstić information content (AvgIpc) is 2.68. The third-order valence-corrected chi connectivity index (χ3v) is 2.67. The Morgan fingerprint density at radius 2 is 2.35 bits per heavy atom. The van der Waals surface area contributed by atoms with Gasteiger partial charge in [-0.1, -0.05) is 5.16 Å². The van der Waals surface area contributed by atoms with Gasteiger partial charge in [0.05, 0.1) is 16.4 Å². The molecule has 2 heterocycles. The van der Waals surface area contributed by atoms with Crippen LogP contribution in [0.4, 0.5) is 11.5 Å². The Balaban J connectivity index is 1.90. The Hall–Kier alpha value is -1.63. The number of hydrogen-bond acceptors (Lipinski definition) is 6. The predicted octanol–water partition coefficient (Wildman–Crippen LogP) is 1.77. The van der Waals surface area contributed by atoms with E-state index < -0.39 is 0 Å². The Labute approximate surface area is 107 Å². The number of pyridine rings is 1. The zero-order valence-corrected chi connectivity index (χ0v) is 10.9. The predicted molar refractivity (Wildman–Crippen MR) is 67.6 cm³/mol. The first kappa shape index (κ1) is 11.8. The van der Waals surface area contributed by atoms with Crippen LogP contribution in [0.15, 0.2) is 21.3 Å². The fraction of sp³-hybridized carbons (Fsp3) is 0.300. The van der Waals surface area contributed by atoms with Gasteiger partial charge in [0.1, 0.15) is 5.82 Å². The summed E-state index contributed by atoms with van der Waals surface area (Å²) in [6, 6.07) is 1.80. The van der Waals surface area contributed by atoms with E-state index in [1.54, 1.807) is 19.2 Å². The average molecular weight is 298 g/mol. The van der Waals surface area contributed by atoms with Gasteiger partial charge in [0.2, 0.25) is 5.89 Å². The van der Waals surface area contributed by atoms with Crippen molar-refractivity contribution in [3.8, 4) is 0 Å². The van der Waals surface area contributed by atoms with Gasteiger partial charge in [0.15, 0.2) is 5.82 Å². The first-order valence-corrected chi connectivity index (χ1v) is 5.88. The van der Waals surface area contributed by atoms with Gasteiger partial charge < -0.3 is 15.6 Å². The lowest BCUT2D eigenvalue weighted by molar-refractivity contribution is 0.377. The third kappa shape index (κ3) is 3.16. The zero-order chi connectivity index (χ0) is 12.3. The van der Waals surface area contributed by atoms with Gasteiger partial charge in [-0.05, 0) is 28.9 Å². The third-order valence-electron chi connectivity index (χ3n) is 2.06. The van der Waals surface area contributed by atoms with Crippen molar-refractivity contribution in [2.75, 3.05) is 17.6 Å². The van der Waals surface area contributed by atoms with Crippen molar-refractivity contribution < 1.29 is 4.52 Å². The molecule has 90 valence electrons. The largest absolute Gasteiger partial charge is 0.397 e. The number of rotatable bonds is 4. The Kier molecular flexibility index (Phi) is 3.58. The molecule has 0 saturated heterocycles. The highest BCUT2D eigenvalue weighted by Gasteiger charge is 2.04. The highest BCUT2D eigenvalue weighted by atomic mass is 79.9. The second-order valence-corrected chi connectivity index (χ2v) is 4.37. The number of nitrogens with two attached hydrogens (primary N) is 1. The summed E-state index contributed by atoms with van der Waals surface area (Å²) in [6.07, 6.45) is 2.25. The van der Waals surface area contributed by atoms with Crippen LogP contribution in [0.1, 0.15) is 11.7 Å². The van der Waals surface area contributed by atoms with Crippen LogP contribution in [0.2, 0.25) is 0 Å². The van der Waals surface area contributed by atoms with E-state index >= 15 is 0 Å². The zero-order valence-electron chi connectivity index (χ0n) is 9.27. The summed E-state index contributed by atoms with van der Waals surface area (Å²) in [6.45, 7) is 2.45. The van der Waals surface area contributed by atoms with Crippen LogP contribution in [0.3, 0.4) is 0 Å². The molecule has 2 rings (SSSR count). The van der Waals surface area contributed by atoms with Crippen LogP contribution >= 0.6 is 15.9 Å². The number of hydrogen-bond donors (Lipinski definition) is 2. The van der Waals surface area contributed by atoms with E-state index in [1.165, 1.54) is 0 Å². The summed E-state index contributed by atoms with van der Waals surface area (Å²) < 4.78 is 5.83. The maximum atomic E-state index is 5.60. The molecular formula is C10H12BrN5O. The molecule has 17 heavy (non-hydrogen) atoms. The minimum absolute atomic E-state index is 0.613. The summed E-state index contributed by atoms with van der Waals surface area (Å²) in [5.74, 6) is 2.00. The van der Waals surface area contributed by atoms with Crippen molar-refractivity contribution in [1.29, 1.82) is 0 Å². The molecule has 0 unspecified atom stereocenters. The van der Waals surface area contributed by atoms with E-state index in [-0.39, 0.29) is 0 Å². The Morgan fingerprint density at radius 3 is 3.00 bits per heavy atom. The smallest absolute Gasteiger partial charge is 0.228 e. The van der Waals surface area contributed by atoms with Gasteiger partial charge in [-0.3, -0.25) is 0 Å². The van der Waals surface area contributed by atoms with Gasteiger partial charge in [-0.2, -0.15) is 4.98 Å². The Morgan fingerprint density at radius 1 is 1.53 bits per heavy atom. The fourth-order valence-corrected chi connectivity index (χ4v) is 1.82. The number of nitrogen functional groups attached to an aromatic ring is 1. The molecule has 0 fully saturated rings. The van der Waals surface area contributed by atoms with E-state index in [4.69, 9.17) is 10.3 Å². The molecule has 0 spiro atoms. The number of aromatic nitrogens is 3. The van der Waals surface area contributed by atoms with Crippen molar-refractivity contribution in [1.82, 2.24) is 15.1 Å². The molecule has 0 aromatic carbocycles. The molecule has 2 aromatic rings. The molecule has 0 radical (unpaired) electrons. The SMILES string of the molecule is Cc1noc(CCNc2ncc(N)cc2Br)n1. The summed E-state index contributed by atoms with van der Waals surface area (Å²) in [4.78, 5) is 8.27. The number of nitrogens with zero attached hydrogens (tertiary/aromatic N) is 3. The number of aryl methyl sites for hydroxylation is 1. The van der Waals surface area contributed by atoms with E-state index in [9.17, 15) is 0 Å². The van der Waals surface area contributed by atoms with Crippen molar-refractivity contribution in [2.45, 2.75) is 13.3 Å². The van der Waals surface area contributed by atoms with Crippen molar-refractivity contribution >= 4 is 27.4 Å². The summed E-state index contributed by atoms with van der Waals surface area (Å²) in [5.41, 5.74) is 6.22. The molecule has 0 bridgehead atoms. The quantitative estimate of drug-likeness (QED) is 0.894. The lowest BCUT2D eigenvalue weighted by atomic mass is 10.4. The van der Waals surface area contributed by atoms with Gasteiger partial charge in [-0.25, -0.2) is 4.98 Å². The number of nitrogens with one attached hydrogen (secondary N) is 1. The van der Waals surface area contributed by atoms with Crippen LogP contribution in [0.5, 0.6) is 0 Å². The molecule has 0 aliphatic carbocycles. The summed E-state index contributed by atoms with van der Waals surface area (Å²) in [7, 11) is 0.